The van der Waals surface area contributed by atoms with Gasteiger partial charge in [0.15, 0.2) is 5.82 Å². The van der Waals surface area contributed by atoms with Gasteiger partial charge in [0.25, 0.3) is 0 Å². The predicted molar refractivity (Wildman–Crippen MR) is 96.5 cm³/mol. The number of nitrogens with zero attached hydrogens (tertiary/aromatic N) is 3. The van der Waals surface area contributed by atoms with Gasteiger partial charge in [0, 0.05) is 13.6 Å². The summed E-state index contributed by atoms with van der Waals surface area (Å²) in [6, 6.07) is -0.592. The number of alkyl carbamates (subject to hydrolysis) is 1. The molecule has 0 unspecified atom stereocenters. The summed E-state index contributed by atoms with van der Waals surface area (Å²) in [5.74, 6) is 0.994. The van der Waals surface area contributed by atoms with Gasteiger partial charge in [0.1, 0.15) is 11.9 Å². The van der Waals surface area contributed by atoms with Crippen LogP contribution in [0.15, 0.2) is 6.33 Å². The first-order valence-electron chi connectivity index (χ1n) is 8.89. The molecule has 146 valence electrons. The highest BCUT2D eigenvalue weighted by Crippen LogP contribution is 2.39. The SMILES string of the molecule is C[C@H](NC(=O)N[C@@](C)(CNC(=O)OC(C)(C)C)C1CC1)c1nncn1C. The molecule has 1 aromatic heterocycles. The van der Waals surface area contributed by atoms with Crippen LogP contribution in [0.2, 0.25) is 0 Å². The maximum atomic E-state index is 12.5. The van der Waals surface area contributed by atoms with Gasteiger partial charge in [-0.15, -0.1) is 10.2 Å². The normalized spacial score (nSPS) is 17.8. The molecule has 3 amide bonds. The number of rotatable bonds is 6. The molecule has 1 aliphatic rings. The van der Waals surface area contributed by atoms with Crippen LogP contribution in [0, 0.1) is 5.92 Å². The van der Waals surface area contributed by atoms with Gasteiger partial charge in [-0.25, -0.2) is 9.59 Å². The highest BCUT2D eigenvalue weighted by Gasteiger charge is 2.43. The molecular formula is C17H30N6O3. The first kappa shape index (κ1) is 20.0. The molecule has 3 N–H and O–H groups in total. The zero-order chi connectivity index (χ0) is 19.5. The van der Waals surface area contributed by atoms with Crippen molar-refractivity contribution in [3.63, 3.8) is 0 Å². The van der Waals surface area contributed by atoms with Crippen molar-refractivity contribution in [1.29, 1.82) is 0 Å². The van der Waals surface area contributed by atoms with Crippen molar-refractivity contribution in [2.75, 3.05) is 6.54 Å². The topological polar surface area (TPSA) is 110 Å². The molecule has 1 aliphatic carbocycles. The third-order valence-electron chi connectivity index (χ3n) is 4.36. The Morgan fingerprint density at radius 1 is 1.35 bits per heavy atom. The van der Waals surface area contributed by atoms with E-state index in [4.69, 9.17) is 4.74 Å². The maximum Gasteiger partial charge on any atom is 0.407 e. The van der Waals surface area contributed by atoms with Gasteiger partial charge in [0.05, 0.1) is 11.6 Å². The minimum Gasteiger partial charge on any atom is -0.444 e. The Kier molecular flexibility index (Phi) is 5.77. The van der Waals surface area contributed by atoms with Crippen molar-refractivity contribution in [3.05, 3.63) is 12.2 Å². The van der Waals surface area contributed by atoms with E-state index in [1.54, 1.807) is 10.9 Å². The highest BCUT2D eigenvalue weighted by atomic mass is 16.6. The van der Waals surface area contributed by atoms with Crippen LogP contribution in [0.3, 0.4) is 0 Å². The van der Waals surface area contributed by atoms with Gasteiger partial charge in [0.2, 0.25) is 0 Å². The van der Waals surface area contributed by atoms with E-state index >= 15 is 0 Å². The summed E-state index contributed by atoms with van der Waals surface area (Å²) < 4.78 is 7.03. The Morgan fingerprint density at radius 2 is 2.00 bits per heavy atom. The van der Waals surface area contributed by atoms with Crippen LogP contribution in [-0.2, 0) is 11.8 Å². The Morgan fingerprint density at radius 3 is 2.50 bits per heavy atom. The smallest absolute Gasteiger partial charge is 0.407 e. The predicted octanol–water partition coefficient (Wildman–Crippen LogP) is 1.87. The van der Waals surface area contributed by atoms with Crippen LogP contribution < -0.4 is 16.0 Å². The van der Waals surface area contributed by atoms with Crippen LogP contribution in [-0.4, -0.2) is 44.6 Å². The quantitative estimate of drug-likeness (QED) is 0.712. The van der Waals surface area contributed by atoms with Gasteiger partial charge >= 0.3 is 12.1 Å². The molecular weight excluding hydrogens is 336 g/mol. The van der Waals surface area contributed by atoms with E-state index in [0.717, 1.165) is 12.8 Å². The van der Waals surface area contributed by atoms with Crippen molar-refractivity contribution in [1.82, 2.24) is 30.7 Å². The van der Waals surface area contributed by atoms with Gasteiger partial charge in [-0.05, 0) is 53.4 Å². The molecule has 1 fully saturated rings. The molecule has 1 aromatic rings. The van der Waals surface area contributed by atoms with E-state index in [2.05, 4.69) is 26.1 Å². The number of carbonyl (C=O) groups is 2. The van der Waals surface area contributed by atoms with E-state index in [1.165, 1.54) is 0 Å². The molecule has 1 saturated carbocycles. The lowest BCUT2D eigenvalue weighted by atomic mass is 9.96. The Bertz CT molecular complexity index is 649. The monoisotopic (exact) mass is 366 g/mol. The Labute approximate surface area is 154 Å². The minimum absolute atomic E-state index is 0.287. The van der Waals surface area contributed by atoms with Crippen molar-refractivity contribution in [3.8, 4) is 0 Å². The van der Waals surface area contributed by atoms with Crippen LogP contribution in [0.5, 0.6) is 0 Å². The number of aryl methyl sites for hydroxylation is 1. The van der Waals surface area contributed by atoms with Crippen molar-refractivity contribution < 1.29 is 14.3 Å². The summed E-state index contributed by atoms with van der Waals surface area (Å²) in [6.45, 7) is 9.52. The first-order chi connectivity index (χ1) is 12.0. The second kappa shape index (κ2) is 7.51. The number of hydrogen-bond donors (Lipinski definition) is 3. The second-order valence-corrected chi connectivity index (χ2v) is 8.17. The molecule has 9 nitrogen and oxygen atoms in total. The average Bonchev–Trinajstić information content (AvgIpc) is 3.26. The fourth-order valence-corrected chi connectivity index (χ4v) is 2.82. The molecule has 9 heteroatoms. The fraction of sp³-hybridized carbons (Fsp3) is 0.765. The number of aromatic nitrogens is 3. The van der Waals surface area contributed by atoms with Crippen LogP contribution >= 0.6 is 0 Å². The van der Waals surface area contributed by atoms with Crippen molar-refractivity contribution in [2.45, 2.75) is 64.6 Å². The van der Waals surface area contributed by atoms with Gasteiger partial charge in [-0.3, -0.25) is 0 Å². The molecule has 0 saturated heterocycles. The highest BCUT2D eigenvalue weighted by molar-refractivity contribution is 5.75. The van der Waals surface area contributed by atoms with Crippen molar-refractivity contribution in [2.24, 2.45) is 13.0 Å². The molecule has 26 heavy (non-hydrogen) atoms. The lowest BCUT2D eigenvalue weighted by Crippen LogP contribution is -2.58. The van der Waals surface area contributed by atoms with E-state index < -0.39 is 17.2 Å². The van der Waals surface area contributed by atoms with E-state index in [0.29, 0.717) is 18.3 Å². The van der Waals surface area contributed by atoms with Crippen molar-refractivity contribution >= 4 is 12.1 Å². The third-order valence-corrected chi connectivity index (χ3v) is 4.36. The Balaban J connectivity index is 1.91. The molecule has 0 spiro atoms. The lowest BCUT2D eigenvalue weighted by Gasteiger charge is -2.32. The molecule has 2 rings (SSSR count). The zero-order valence-electron chi connectivity index (χ0n) is 16.4. The number of urea groups is 1. The largest absolute Gasteiger partial charge is 0.444 e. The van der Waals surface area contributed by atoms with E-state index in [1.807, 2.05) is 41.7 Å². The molecule has 0 radical (unpaired) electrons. The maximum absolute atomic E-state index is 12.5. The number of amides is 3. The van der Waals surface area contributed by atoms with Crippen LogP contribution in [0.4, 0.5) is 9.59 Å². The summed E-state index contributed by atoms with van der Waals surface area (Å²) in [5.41, 5.74) is -1.10. The number of nitrogens with one attached hydrogen (secondary N) is 3. The van der Waals surface area contributed by atoms with Crippen LogP contribution in [0.25, 0.3) is 0 Å². The van der Waals surface area contributed by atoms with E-state index in [-0.39, 0.29) is 12.1 Å². The first-order valence-corrected chi connectivity index (χ1v) is 8.89. The summed E-state index contributed by atoms with van der Waals surface area (Å²) in [4.78, 5) is 24.4. The Hall–Kier alpha value is -2.32. The molecule has 1 heterocycles. The summed E-state index contributed by atoms with van der Waals surface area (Å²) >= 11 is 0. The fourth-order valence-electron chi connectivity index (χ4n) is 2.82. The molecule has 0 aromatic carbocycles. The summed E-state index contributed by atoms with van der Waals surface area (Å²) in [5, 5.41) is 16.5. The molecule has 2 atom stereocenters. The zero-order valence-corrected chi connectivity index (χ0v) is 16.4. The number of carbonyl (C=O) groups excluding carboxylic acids is 2. The summed E-state index contributed by atoms with van der Waals surface area (Å²) in [7, 11) is 1.82. The lowest BCUT2D eigenvalue weighted by molar-refractivity contribution is 0.0509. The molecule has 0 bridgehead atoms. The standard InChI is InChI=1S/C17H30N6O3/c1-11(13-22-19-10-23(13)6)20-14(24)21-17(5,12-7-8-12)9-18-15(25)26-16(2,3)4/h10-12H,7-9H2,1-6H3,(H,18,25)(H2,20,21,24)/t11-,17-/m0/s1. The second-order valence-electron chi connectivity index (χ2n) is 8.17. The molecule has 0 aliphatic heterocycles. The average molecular weight is 366 g/mol. The van der Waals surface area contributed by atoms with Gasteiger partial charge in [-0.2, -0.15) is 0 Å². The summed E-state index contributed by atoms with van der Waals surface area (Å²) in [6.07, 6.45) is 3.14. The number of hydrogen-bond acceptors (Lipinski definition) is 5. The van der Waals surface area contributed by atoms with Gasteiger partial charge in [-0.1, -0.05) is 0 Å². The van der Waals surface area contributed by atoms with Crippen LogP contribution in [0.1, 0.15) is 59.3 Å². The van der Waals surface area contributed by atoms with E-state index in [9.17, 15) is 9.59 Å². The van der Waals surface area contributed by atoms with Gasteiger partial charge < -0.3 is 25.3 Å². The third kappa shape index (κ3) is 5.60. The number of ether oxygens (including phenoxy) is 1. The minimum atomic E-state index is -0.559.